The molecule has 2 aromatic carbocycles. The Morgan fingerprint density at radius 2 is 1.74 bits per heavy atom. The number of hydrogen-bond acceptors (Lipinski definition) is 4. The predicted octanol–water partition coefficient (Wildman–Crippen LogP) is 5.08. The van der Waals surface area contributed by atoms with E-state index >= 15 is 0 Å². The summed E-state index contributed by atoms with van der Waals surface area (Å²) in [4.78, 5) is 28.5. The highest BCUT2D eigenvalue weighted by molar-refractivity contribution is 7.92. The standard InChI is InChI=1S/C29H39F2N3O4S/c1-4-27(29(36)32-23-13-6-5-7-14-23)33(20-22-12-9-8-11-21(22)2)28(35)15-10-18-34(39(3,37)38)24-16-17-25(30)26(31)19-24/h8-9,11-12,16-17,19,23,27H,4-7,10,13-15,18,20H2,1-3H3,(H,32,36). The first kappa shape index (κ1) is 30.5. The van der Waals surface area contributed by atoms with Gasteiger partial charge in [0, 0.05) is 31.6 Å². The highest BCUT2D eigenvalue weighted by Crippen LogP contribution is 2.23. The van der Waals surface area contributed by atoms with Gasteiger partial charge in [-0.25, -0.2) is 17.2 Å². The molecular weight excluding hydrogens is 524 g/mol. The number of rotatable bonds is 12. The van der Waals surface area contributed by atoms with Crippen molar-refractivity contribution in [2.45, 2.75) is 83.8 Å². The highest BCUT2D eigenvalue weighted by Gasteiger charge is 2.30. The number of halogens is 2. The maximum Gasteiger partial charge on any atom is 0.243 e. The van der Waals surface area contributed by atoms with Crippen molar-refractivity contribution in [1.82, 2.24) is 10.2 Å². The molecule has 0 aromatic heterocycles. The van der Waals surface area contributed by atoms with Crippen molar-refractivity contribution in [1.29, 1.82) is 0 Å². The molecule has 214 valence electrons. The lowest BCUT2D eigenvalue weighted by molar-refractivity contribution is -0.141. The molecule has 1 saturated carbocycles. The van der Waals surface area contributed by atoms with Crippen LogP contribution in [0.4, 0.5) is 14.5 Å². The number of sulfonamides is 1. The summed E-state index contributed by atoms with van der Waals surface area (Å²) in [6.45, 7) is 3.98. The van der Waals surface area contributed by atoms with E-state index in [0.717, 1.165) is 65.9 Å². The van der Waals surface area contributed by atoms with Crippen LogP contribution in [0.25, 0.3) is 0 Å². The Bertz CT molecular complexity index is 1250. The second-order valence-electron chi connectivity index (χ2n) is 10.3. The van der Waals surface area contributed by atoms with Crippen LogP contribution in [0.15, 0.2) is 42.5 Å². The first-order valence-corrected chi connectivity index (χ1v) is 15.4. The maximum atomic E-state index is 13.8. The van der Waals surface area contributed by atoms with Gasteiger partial charge in [-0.05, 0) is 55.9 Å². The van der Waals surface area contributed by atoms with Crippen LogP contribution in [0.5, 0.6) is 0 Å². The van der Waals surface area contributed by atoms with Gasteiger partial charge in [0.25, 0.3) is 0 Å². The molecule has 0 bridgehead atoms. The summed E-state index contributed by atoms with van der Waals surface area (Å²) in [6, 6.07) is 10.00. The fourth-order valence-corrected chi connectivity index (χ4v) is 6.04. The zero-order chi connectivity index (χ0) is 28.6. The van der Waals surface area contributed by atoms with Crippen LogP contribution in [0.3, 0.4) is 0 Å². The first-order chi connectivity index (χ1) is 18.5. The number of anilines is 1. The fourth-order valence-electron chi connectivity index (χ4n) is 5.08. The zero-order valence-corrected chi connectivity index (χ0v) is 23.8. The lowest BCUT2D eigenvalue weighted by Crippen LogP contribution is -2.51. The molecule has 0 radical (unpaired) electrons. The molecule has 3 rings (SSSR count). The summed E-state index contributed by atoms with van der Waals surface area (Å²) < 4.78 is 53.0. The van der Waals surface area contributed by atoms with Crippen LogP contribution in [-0.4, -0.2) is 50.0 Å². The average Bonchev–Trinajstić information content (AvgIpc) is 2.89. The van der Waals surface area contributed by atoms with Gasteiger partial charge in [-0.2, -0.15) is 0 Å². The van der Waals surface area contributed by atoms with Gasteiger partial charge in [-0.15, -0.1) is 0 Å². The van der Waals surface area contributed by atoms with Gasteiger partial charge in [-0.3, -0.25) is 13.9 Å². The smallest absolute Gasteiger partial charge is 0.243 e. The number of carbonyl (C=O) groups is 2. The van der Waals surface area contributed by atoms with Crippen LogP contribution in [0.1, 0.15) is 69.4 Å². The Kier molecular flexibility index (Phi) is 10.9. The van der Waals surface area contributed by atoms with Crippen LogP contribution in [-0.2, 0) is 26.2 Å². The van der Waals surface area contributed by atoms with Gasteiger partial charge in [0.05, 0.1) is 11.9 Å². The van der Waals surface area contributed by atoms with Crippen molar-refractivity contribution in [2.75, 3.05) is 17.1 Å². The number of carbonyl (C=O) groups excluding carboxylic acids is 2. The van der Waals surface area contributed by atoms with Gasteiger partial charge in [0.1, 0.15) is 6.04 Å². The summed E-state index contributed by atoms with van der Waals surface area (Å²) in [5, 5.41) is 3.14. The Hall–Kier alpha value is -3.01. The zero-order valence-electron chi connectivity index (χ0n) is 23.0. The van der Waals surface area contributed by atoms with Crippen molar-refractivity contribution in [2.24, 2.45) is 0 Å². The fraction of sp³-hybridized carbons (Fsp3) is 0.517. The van der Waals surface area contributed by atoms with E-state index in [1.807, 2.05) is 38.1 Å². The molecule has 39 heavy (non-hydrogen) atoms. The minimum Gasteiger partial charge on any atom is -0.352 e. The highest BCUT2D eigenvalue weighted by atomic mass is 32.2. The summed E-state index contributed by atoms with van der Waals surface area (Å²) in [6.07, 6.45) is 6.69. The van der Waals surface area contributed by atoms with Crippen molar-refractivity contribution in [3.05, 3.63) is 65.2 Å². The van der Waals surface area contributed by atoms with Gasteiger partial charge >= 0.3 is 0 Å². The van der Waals surface area contributed by atoms with Crippen LogP contribution in [0, 0.1) is 18.6 Å². The monoisotopic (exact) mass is 563 g/mol. The topological polar surface area (TPSA) is 86.8 Å². The molecule has 2 aromatic rings. The molecule has 1 aliphatic carbocycles. The summed E-state index contributed by atoms with van der Waals surface area (Å²) in [5.41, 5.74) is 1.91. The van der Waals surface area contributed by atoms with Gasteiger partial charge in [0.15, 0.2) is 11.6 Å². The number of benzene rings is 2. The molecule has 1 unspecified atom stereocenters. The van der Waals surface area contributed by atoms with E-state index in [1.165, 1.54) is 6.07 Å². The average molecular weight is 564 g/mol. The molecule has 2 amide bonds. The van der Waals surface area contributed by atoms with E-state index in [4.69, 9.17) is 0 Å². The lowest BCUT2D eigenvalue weighted by Gasteiger charge is -2.33. The number of aryl methyl sites for hydroxylation is 1. The quantitative estimate of drug-likeness (QED) is 0.391. The molecule has 10 heteroatoms. The molecule has 0 heterocycles. The molecule has 1 fully saturated rings. The van der Waals surface area contributed by atoms with E-state index in [2.05, 4.69) is 5.32 Å². The second kappa shape index (κ2) is 13.9. The van der Waals surface area contributed by atoms with Crippen molar-refractivity contribution < 1.29 is 26.8 Å². The molecule has 1 atom stereocenters. The van der Waals surface area contributed by atoms with E-state index in [0.29, 0.717) is 6.42 Å². The van der Waals surface area contributed by atoms with E-state index in [-0.39, 0.29) is 49.5 Å². The third-order valence-corrected chi connectivity index (χ3v) is 8.48. The van der Waals surface area contributed by atoms with Crippen LogP contribution >= 0.6 is 0 Å². The minimum absolute atomic E-state index is 0.0149. The largest absolute Gasteiger partial charge is 0.352 e. The number of nitrogens with zero attached hydrogens (tertiary/aromatic N) is 2. The third kappa shape index (κ3) is 8.49. The Balaban J connectivity index is 1.77. The molecular formula is C29H39F2N3O4S. The SMILES string of the molecule is CCC(C(=O)NC1CCCCC1)N(Cc1ccccc1C)C(=O)CCCN(c1ccc(F)c(F)c1)S(C)(=O)=O. The summed E-state index contributed by atoms with van der Waals surface area (Å²) >= 11 is 0. The van der Waals surface area contributed by atoms with Crippen molar-refractivity contribution in [3.63, 3.8) is 0 Å². The third-order valence-electron chi connectivity index (χ3n) is 7.28. The second-order valence-corrected chi connectivity index (χ2v) is 12.2. The Morgan fingerprint density at radius 3 is 2.36 bits per heavy atom. The minimum atomic E-state index is -3.82. The number of nitrogens with one attached hydrogen (secondary N) is 1. The molecule has 1 N–H and O–H groups in total. The molecule has 0 aliphatic heterocycles. The normalized spacial score (nSPS) is 15.0. The van der Waals surface area contributed by atoms with Crippen molar-refractivity contribution in [3.8, 4) is 0 Å². The summed E-state index contributed by atoms with van der Waals surface area (Å²) in [5.74, 6) is -2.68. The van der Waals surface area contributed by atoms with Gasteiger partial charge in [0.2, 0.25) is 21.8 Å². The Labute approximate surface area is 230 Å². The lowest BCUT2D eigenvalue weighted by atomic mass is 9.95. The molecule has 0 saturated heterocycles. The maximum absolute atomic E-state index is 13.8. The van der Waals surface area contributed by atoms with E-state index < -0.39 is 27.7 Å². The molecule has 0 spiro atoms. The predicted molar refractivity (Wildman–Crippen MR) is 149 cm³/mol. The van der Waals surface area contributed by atoms with Crippen LogP contribution < -0.4 is 9.62 Å². The molecule has 7 nitrogen and oxygen atoms in total. The summed E-state index contributed by atoms with van der Waals surface area (Å²) in [7, 11) is -3.82. The van der Waals surface area contributed by atoms with E-state index in [1.54, 1.807) is 4.90 Å². The van der Waals surface area contributed by atoms with Crippen molar-refractivity contribution >= 4 is 27.5 Å². The molecule has 1 aliphatic rings. The van der Waals surface area contributed by atoms with E-state index in [9.17, 15) is 26.8 Å². The van der Waals surface area contributed by atoms with Crippen LogP contribution in [0.2, 0.25) is 0 Å². The van der Waals surface area contributed by atoms with Gasteiger partial charge < -0.3 is 10.2 Å². The first-order valence-electron chi connectivity index (χ1n) is 13.6. The number of amides is 2. The Morgan fingerprint density at radius 1 is 1.05 bits per heavy atom. The van der Waals surface area contributed by atoms with Gasteiger partial charge in [-0.1, -0.05) is 50.5 Å². The number of hydrogen-bond donors (Lipinski definition) is 1.